The van der Waals surface area contributed by atoms with Crippen LogP contribution in [0.15, 0.2) is 30.5 Å². The van der Waals surface area contributed by atoms with Crippen LogP contribution in [0.3, 0.4) is 0 Å². The van der Waals surface area contributed by atoms with Gasteiger partial charge in [0.15, 0.2) is 0 Å². The van der Waals surface area contributed by atoms with Crippen molar-refractivity contribution in [1.29, 1.82) is 0 Å². The molecule has 1 aromatic heterocycles. The summed E-state index contributed by atoms with van der Waals surface area (Å²) in [6.45, 7) is 5.54. The highest BCUT2D eigenvalue weighted by molar-refractivity contribution is 7.80. The van der Waals surface area contributed by atoms with E-state index in [1.165, 1.54) is 5.39 Å². The first-order chi connectivity index (χ1) is 10.3. The third kappa shape index (κ3) is 3.36. The van der Waals surface area contributed by atoms with Crippen LogP contribution in [0.1, 0.15) is 11.6 Å². The Morgan fingerprint density at radius 3 is 2.71 bits per heavy atom. The molecular weight excluding hydrogens is 280 g/mol. The van der Waals surface area contributed by atoms with Crippen LogP contribution < -0.4 is 0 Å². The van der Waals surface area contributed by atoms with Crippen LogP contribution in [0, 0.1) is 0 Å². The molecule has 1 saturated heterocycles. The number of fused-ring (bicyclic) bond motifs is 1. The Kier molecular flexibility index (Phi) is 4.73. The molecule has 4 nitrogen and oxygen atoms in total. The van der Waals surface area contributed by atoms with Crippen LogP contribution >= 0.6 is 12.6 Å². The highest BCUT2D eigenvalue weighted by Crippen LogP contribution is 2.24. The van der Waals surface area contributed by atoms with Gasteiger partial charge in [-0.2, -0.15) is 22.8 Å². The minimum absolute atomic E-state index is 0.329. The van der Waals surface area contributed by atoms with Crippen LogP contribution in [-0.4, -0.2) is 65.5 Å². The molecule has 1 atom stereocenters. The van der Waals surface area contributed by atoms with Gasteiger partial charge in [0, 0.05) is 49.4 Å². The van der Waals surface area contributed by atoms with E-state index < -0.39 is 0 Å². The number of nitrogens with zero attached hydrogens (tertiary/aromatic N) is 4. The summed E-state index contributed by atoms with van der Waals surface area (Å²) in [4.78, 5) is 4.90. The molecule has 0 radical (unpaired) electrons. The van der Waals surface area contributed by atoms with E-state index in [2.05, 4.69) is 57.9 Å². The van der Waals surface area contributed by atoms with Crippen molar-refractivity contribution in [3.05, 3.63) is 36.2 Å². The Balaban J connectivity index is 1.81. The summed E-state index contributed by atoms with van der Waals surface area (Å²) in [6.07, 6.45) is 1.84. The molecule has 0 aliphatic carbocycles. The highest BCUT2D eigenvalue weighted by Gasteiger charge is 2.21. The predicted molar refractivity (Wildman–Crippen MR) is 90.1 cm³/mol. The number of benzene rings is 1. The number of rotatable bonds is 4. The minimum Gasteiger partial charge on any atom is -0.304 e. The highest BCUT2D eigenvalue weighted by atomic mass is 32.1. The summed E-state index contributed by atoms with van der Waals surface area (Å²) in [5.41, 5.74) is 1.09. The lowest BCUT2D eigenvalue weighted by Crippen LogP contribution is -2.46. The lowest BCUT2D eigenvalue weighted by Gasteiger charge is -2.34. The van der Waals surface area contributed by atoms with E-state index in [9.17, 15) is 0 Å². The molecule has 2 heterocycles. The minimum atomic E-state index is 0.329. The SMILES string of the molecule is CN1CCN(CC(CS)c2nncc3ccccc23)CC1. The zero-order chi connectivity index (χ0) is 14.7. The second-order valence-corrected chi connectivity index (χ2v) is 6.17. The number of thiol groups is 1. The van der Waals surface area contributed by atoms with Crippen molar-refractivity contribution in [2.75, 3.05) is 45.5 Å². The van der Waals surface area contributed by atoms with Crippen molar-refractivity contribution in [2.45, 2.75) is 5.92 Å². The molecule has 1 unspecified atom stereocenters. The molecule has 0 amide bonds. The molecule has 1 aliphatic rings. The smallest absolute Gasteiger partial charge is 0.0761 e. The molecule has 2 aromatic rings. The molecule has 1 aromatic carbocycles. The Bertz CT molecular complexity index is 590. The number of hydrogen-bond donors (Lipinski definition) is 1. The van der Waals surface area contributed by atoms with Crippen molar-refractivity contribution < 1.29 is 0 Å². The fourth-order valence-corrected chi connectivity index (χ4v) is 3.21. The van der Waals surface area contributed by atoms with Gasteiger partial charge in [-0.15, -0.1) is 0 Å². The summed E-state index contributed by atoms with van der Waals surface area (Å²) in [5.74, 6) is 1.13. The zero-order valence-corrected chi connectivity index (χ0v) is 13.3. The quantitative estimate of drug-likeness (QED) is 0.874. The average Bonchev–Trinajstić information content (AvgIpc) is 2.54. The molecular formula is C16H22N4S. The second-order valence-electron chi connectivity index (χ2n) is 5.80. The number of piperazine rings is 1. The maximum absolute atomic E-state index is 4.56. The van der Waals surface area contributed by atoms with Gasteiger partial charge in [0.1, 0.15) is 0 Å². The summed E-state index contributed by atoms with van der Waals surface area (Å²) in [5, 5.41) is 11.0. The Morgan fingerprint density at radius 1 is 1.19 bits per heavy atom. The van der Waals surface area contributed by atoms with Crippen molar-refractivity contribution in [3.8, 4) is 0 Å². The lowest BCUT2D eigenvalue weighted by molar-refractivity contribution is 0.149. The van der Waals surface area contributed by atoms with E-state index in [4.69, 9.17) is 0 Å². The number of aromatic nitrogens is 2. The molecule has 0 saturated carbocycles. The third-order valence-electron chi connectivity index (χ3n) is 4.28. The van der Waals surface area contributed by atoms with E-state index in [1.54, 1.807) is 0 Å². The topological polar surface area (TPSA) is 32.3 Å². The fourth-order valence-electron chi connectivity index (χ4n) is 2.92. The summed E-state index contributed by atoms with van der Waals surface area (Å²) in [6, 6.07) is 8.35. The van der Waals surface area contributed by atoms with E-state index in [1.807, 2.05) is 12.3 Å². The molecule has 3 rings (SSSR count). The maximum Gasteiger partial charge on any atom is 0.0761 e. The van der Waals surface area contributed by atoms with Gasteiger partial charge >= 0.3 is 0 Å². The van der Waals surface area contributed by atoms with Crippen LogP contribution in [0.5, 0.6) is 0 Å². The van der Waals surface area contributed by atoms with E-state index in [0.29, 0.717) is 5.92 Å². The Morgan fingerprint density at radius 2 is 1.95 bits per heavy atom. The van der Waals surface area contributed by atoms with Gasteiger partial charge in [0.05, 0.1) is 11.9 Å². The van der Waals surface area contributed by atoms with Gasteiger partial charge < -0.3 is 9.80 Å². The fraction of sp³-hybridized carbons (Fsp3) is 0.500. The van der Waals surface area contributed by atoms with E-state index in [0.717, 1.165) is 49.6 Å². The standard InChI is InChI=1S/C16H22N4S/c1-19-6-8-20(9-7-19)11-14(12-21)16-15-5-3-2-4-13(15)10-17-18-16/h2-5,10,14,21H,6-9,11-12H2,1H3. The van der Waals surface area contributed by atoms with E-state index >= 15 is 0 Å². The number of likely N-dealkylation sites (N-methyl/N-ethyl adjacent to an activating group) is 1. The monoisotopic (exact) mass is 302 g/mol. The van der Waals surface area contributed by atoms with Crippen LogP contribution in [0.4, 0.5) is 0 Å². The molecule has 112 valence electrons. The van der Waals surface area contributed by atoms with Crippen molar-refractivity contribution >= 4 is 23.4 Å². The van der Waals surface area contributed by atoms with Crippen molar-refractivity contribution in [1.82, 2.24) is 20.0 Å². The van der Waals surface area contributed by atoms with Gasteiger partial charge in [-0.25, -0.2) is 0 Å². The number of hydrogen-bond acceptors (Lipinski definition) is 5. The summed E-state index contributed by atoms with van der Waals surface area (Å²) >= 11 is 4.56. The van der Waals surface area contributed by atoms with Crippen LogP contribution in [0.2, 0.25) is 0 Å². The van der Waals surface area contributed by atoms with Crippen LogP contribution in [-0.2, 0) is 0 Å². The molecule has 1 aliphatic heterocycles. The summed E-state index contributed by atoms with van der Waals surface area (Å²) in [7, 11) is 2.18. The van der Waals surface area contributed by atoms with Gasteiger partial charge in [-0.3, -0.25) is 0 Å². The molecule has 5 heteroatoms. The molecule has 1 fully saturated rings. The van der Waals surface area contributed by atoms with Gasteiger partial charge in [0.25, 0.3) is 0 Å². The second kappa shape index (κ2) is 6.73. The predicted octanol–water partition coefficient (Wildman–Crippen LogP) is 1.89. The first-order valence-electron chi connectivity index (χ1n) is 7.50. The van der Waals surface area contributed by atoms with Gasteiger partial charge in [-0.05, 0) is 12.8 Å². The summed E-state index contributed by atoms with van der Waals surface area (Å²) < 4.78 is 0. The first kappa shape index (κ1) is 14.8. The third-order valence-corrected chi connectivity index (χ3v) is 4.72. The molecule has 21 heavy (non-hydrogen) atoms. The van der Waals surface area contributed by atoms with Crippen LogP contribution in [0.25, 0.3) is 10.8 Å². The normalized spacial score (nSPS) is 19.0. The van der Waals surface area contributed by atoms with Crippen molar-refractivity contribution in [2.24, 2.45) is 0 Å². The Labute approximate surface area is 131 Å². The molecule has 0 N–H and O–H groups in total. The zero-order valence-electron chi connectivity index (χ0n) is 12.4. The van der Waals surface area contributed by atoms with Gasteiger partial charge in [-0.1, -0.05) is 24.3 Å². The van der Waals surface area contributed by atoms with E-state index in [-0.39, 0.29) is 0 Å². The lowest BCUT2D eigenvalue weighted by atomic mass is 10.0. The maximum atomic E-state index is 4.56. The average molecular weight is 302 g/mol. The first-order valence-corrected chi connectivity index (χ1v) is 8.13. The molecule has 0 bridgehead atoms. The molecule has 0 spiro atoms. The largest absolute Gasteiger partial charge is 0.304 e. The van der Waals surface area contributed by atoms with Crippen molar-refractivity contribution in [3.63, 3.8) is 0 Å². The van der Waals surface area contributed by atoms with Gasteiger partial charge in [0.2, 0.25) is 0 Å². The Hall–Kier alpha value is -1.17.